The van der Waals surface area contributed by atoms with Crippen molar-refractivity contribution in [1.82, 2.24) is 0 Å². The lowest BCUT2D eigenvalue weighted by molar-refractivity contribution is -0.301. The number of ether oxygens (including phenoxy) is 5. The van der Waals surface area contributed by atoms with E-state index in [1.54, 1.807) is 0 Å². The molecule has 1 heterocycles. The summed E-state index contributed by atoms with van der Waals surface area (Å²) in [6.07, 6.45) is 54.9. The van der Waals surface area contributed by atoms with E-state index in [-0.39, 0.29) is 25.9 Å². The summed E-state index contributed by atoms with van der Waals surface area (Å²) in [5.41, 5.74) is 0. The summed E-state index contributed by atoms with van der Waals surface area (Å²) in [6, 6.07) is 0. The molecule has 1 fully saturated rings. The van der Waals surface area contributed by atoms with Gasteiger partial charge in [0.05, 0.1) is 6.61 Å². The van der Waals surface area contributed by atoms with E-state index in [0.717, 1.165) is 103 Å². The zero-order chi connectivity index (χ0) is 57.5. The molecular formula is C67H118O12. The van der Waals surface area contributed by atoms with Crippen LogP contribution < -0.4 is 0 Å². The van der Waals surface area contributed by atoms with E-state index in [0.29, 0.717) is 19.3 Å². The van der Waals surface area contributed by atoms with Crippen LogP contribution in [0.4, 0.5) is 0 Å². The maximum absolute atomic E-state index is 13.2. The van der Waals surface area contributed by atoms with E-state index in [1.165, 1.54) is 141 Å². The number of hydrogen-bond acceptors (Lipinski definition) is 11. The number of carbonyl (C=O) groups excluding carboxylic acids is 3. The minimum atomic E-state index is -1.91. The summed E-state index contributed by atoms with van der Waals surface area (Å²) in [5, 5.41) is 31.6. The first-order valence-electron chi connectivity index (χ1n) is 32.6. The van der Waals surface area contributed by atoms with Gasteiger partial charge in [-0.2, -0.15) is 0 Å². The van der Waals surface area contributed by atoms with Crippen LogP contribution in [-0.2, 0) is 42.9 Å². The molecule has 12 nitrogen and oxygen atoms in total. The second kappa shape index (κ2) is 55.2. The lowest BCUT2D eigenvalue weighted by Gasteiger charge is -2.40. The van der Waals surface area contributed by atoms with Crippen LogP contribution in [0.15, 0.2) is 48.6 Å². The van der Waals surface area contributed by atoms with E-state index in [4.69, 9.17) is 23.7 Å². The minimum Gasteiger partial charge on any atom is -0.479 e. The van der Waals surface area contributed by atoms with Gasteiger partial charge in [-0.3, -0.25) is 14.4 Å². The summed E-state index contributed by atoms with van der Waals surface area (Å²) >= 11 is 0. The Labute approximate surface area is 482 Å². The molecule has 1 aliphatic heterocycles. The number of rotatable bonds is 56. The standard InChI is InChI=1S/C67H118O12/c1-4-7-10-13-16-19-22-25-28-29-30-31-34-37-40-43-46-49-52-55-61(70)78-65-63(72)62(71)64(66(73)74)79-67(65)76-57-58(77-60(69)54-51-48-45-42-39-36-33-27-24-21-18-15-12-9-6-3)56-75-59(68)53-50-47-44-41-38-35-32-26-23-20-17-14-11-8-5-2/h7,10,16,19,25,28,30-31,58,62-65,67,71-72H,4-6,8-9,11-15,17-18,20-24,26-27,29,32-57H2,1-3H3,(H,73,74)/b10-7-,19-16-,28-25-,31-30-. The maximum Gasteiger partial charge on any atom is 0.335 e. The number of aliphatic hydroxyl groups is 2. The molecular weight excluding hydrogens is 997 g/mol. The van der Waals surface area contributed by atoms with Gasteiger partial charge in [0.1, 0.15) is 18.8 Å². The number of allylic oxidation sites excluding steroid dienone is 8. The van der Waals surface area contributed by atoms with E-state index in [2.05, 4.69) is 69.4 Å². The predicted octanol–water partition coefficient (Wildman–Crippen LogP) is 17.3. The predicted molar refractivity (Wildman–Crippen MR) is 322 cm³/mol. The third-order valence-corrected chi connectivity index (χ3v) is 14.9. The zero-order valence-corrected chi connectivity index (χ0v) is 50.6. The summed E-state index contributed by atoms with van der Waals surface area (Å²) in [4.78, 5) is 51.3. The lowest BCUT2D eigenvalue weighted by Crippen LogP contribution is -2.61. The first-order valence-corrected chi connectivity index (χ1v) is 32.6. The second-order valence-electron chi connectivity index (χ2n) is 22.4. The van der Waals surface area contributed by atoms with Gasteiger partial charge >= 0.3 is 23.9 Å². The molecule has 3 N–H and O–H groups in total. The van der Waals surface area contributed by atoms with Crippen LogP contribution in [0, 0.1) is 0 Å². The summed E-state index contributed by atoms with van der Waals surface area (Å²) in [5.74, 6) is -3.10. The molecule has 458 valence electrons. The zero-order valence-electron chi connectivity index (χ0n) is 50.6. The Morgan fingerprint density at radius 1 is 0.430 bits per heavy atom. The van der Waals surface area contributed by atoms with E-state index >= 15 is 0 Å². The largest absolute Gasteiger partial charge is 0.479 e. The Balaban J connectivity index is 2.65. The fourth-order valence-corrected chi connectivity index (χ4v) is 9.95. The SMILES string of the molecule is CC/C=C\C/C=C\C/C=C\C/C=C\CCCCCCCCC(=O)OC1C(OCC(COC(=O)CCCCCCCCCCCCCCCCC)OC(=O)CCCCCCCCCCCCCCCCC)OC(C(=O)O)C(O)C1O. The van der Waals surface area contributed by atoms with Crippen LogP contribution in [0.5, 0.6) is 0 Å². The molecule has 79 heavy (non-hydrogen) atoms. The van der Waals surface area contributed by atoms with Gasteiger partial charge < -0.3 is 39.0 Å². The van der Waals surface area contributed by atoms with Gasteiger partial charge in [-0.15, -0.1) is 0 Å². The van der Waals surface area contributed by atoms with Gasteiger partial charge in [0.2, 0.25) is 0 Å². The molecule has 0 amide bonds. The lowest BCUT2D eigenvalue weighted by atomic mass is 9.98. The van der Waals surface area contributed by atoms with Crippen molar-refractivity contribution >= 4 is 23.9 Å². The average Bonchev–Trinajstić information content (AvgIpc) is 3.44. The van der Waals surface area contributed by atoms with Crippen LogP contribution in [0.3, 0.4) is 0 Å². The number of unbranched alkanes of at least 4 members (excludes halogenated alkanes) is 34. The molecule has 0 bridgehead atoms. The number of carboxylic acid groups (broad SMARTS) is 1. The van der Waals surface area contributed by atoms with Crippen molar-refractivity contribution in [3.8, 4) is 0 Å². The molecule has 0 radical (unpaired) electrons. The molecule has 1 aliphatic rings. The van der Waals surface area contributed by atoms with Gasteiger partial charge in [0.15, 0.2) is 24.6 Å². The normalized spacial score (nSPS) is 18.1. The molecule has 1 saturated heterocycles. The van der Waals surface area contributed by atoms with Crippen molar-refractivity contribution in [2.45, 2.75) is 340 Å². The smallest absolute Gasteiger partial charge is 0.335 e. The van der Waals surface area contributed by atoms with Crippen molar-refractivity contribution in [2.75, 3.05) is 13.2 Å². The first-order chi connectivity index (χ1) is 38.6. The summed E-state index contributed by atoms with van der Waals surface area (Å²) in [7, 11) is 0. The molecule has 0 aliphatic carbocycles. The topological polar surface area (TPSA) is 175 Å². The van der Waals surface area contributed by atoms with E-state index < -0.39 is 67.3 Å². The van der Waals surface area contributed by atoms with Crippen LogP contribution in [0.2, 0.25) is 0 Å². The van der Waals surface area contributed by atoms with Crippen LogP contribution >= 0.6 is 0 Å². The molecule has 0 aromatic heterocycles. The highest BCUT2D eigenvalue weighted by atomic mass is 16.7. The van der Waals surface area contributed by atoms with E-state index in [1.807, 2.05) is 0 Å². The Kier molecular flexibility index (Phi) is 51.5. The maximum atomic E-state index is 13.2. The third-order valence-electron chi connectivity index (χ3n) is 14.9. The first kappa shape index (κ1) is 73.7. The molecule has 0 aromatic rings. The van der Waals surface area contributed by atoms with Crippen molar-refractivity contribution in [3.05, 3.63) is 48.6 Å². The molecule has 12 heteroatoms. The number of hydrogen-bond donors (Lipinski definition) is 3. The van der Waals surface area contributed by atoms with E-state index in [9.17, 15) is 34.5 Å². The highest BCUT2D eigenvalue weighted by Gasteiger charge is 2.50. The number of aliphatic carboxylic acids is 1. The molecule has 6 unspecified atom stereocenters. The van der Waals surface area contributed by atoms with Gasteiger partial charge in [-0.05, 0) is 57.8 Å². The average molecular weight is 1120 g/mol. The number of esters is 3. The Bertz CT molecular complexity index is 1560. The Morgan fingerprint density at radius 2 is 0.797 bits per heavy atom. The van der Waals surface area contributed by atoms with Crippen LogP contribution in [-0.4, -0.2) is 89.2 Å². The number of carboxylic acids is 1. The van der Waals surface area contributed by atoms with Crippen LogP contribution in [0.1, 0.15) is 303 Å². The fraction of sp³-hybridized carbons (Fsp3) is 0.821. The summed E-state index contributed by atoms with van der Waals surface area (Å²) in [6.45, 7) is 5.93. The minimum absolute atomic E-state index is 0.0468. The van der Waals surface area contributed by atoms with Gasteiger partial charge in [0.25, 0.3) is 0 Å². The van der Waals surface area contributed by atoms with Gasteiger partial charge in [0, 0.05) is 19.3 Å². The van der Waals surface area contributed by atoms with Crippen molar-refractivity contribution in [3.63, 3.8) is 0 Å². The Morgan fingerprint density at radius 3 is 1.22 bits per heavy atom. The molecule has 6 atom stereocenters. The fourth-order valence-electron chi connectivity index (χ4n) is 9.95. The summed E-state index contributed by atoms with van der Waals surface area (Å²) < 4.78 is 28.5. The van der Waals surface area contributed by atoms with Gasteiger partial charge in [-0.1, -0.05) is 275 Å². The van der Waals surface area contributed by atoms with Crippen LogP contribution in [0.25, 0.3) is 0 Å². The van der Waals surface area contributed by atoms with Crippen molar-refractivity contribution in [1.29, 1.82) is 0 Å². The van der Waals surface area contributed by atoms with Gasteiger partial charge in [-0.25, -0.2) is 4.79 Å². The second-order valence-corrected chi connectivity index (χ2v) is 22.4. The van der Waals surface area contributed by atoms with Crippen molar-refractivity contribution in [2.24, 2.45) is 0 Å². The molecule has 1 rings (SSSR count). The number of aliphatic hydroxyl groups excluding tert-OH is 2. The molecule has 0 aromatic carbocycles. The monoisotopic (exact) mass is 1110 g/mol. The Hall–Kier alpha value is -3.32. The third kappa shape index (κ3) is 45.0. The highest BCUT2D eigenvalue weighted by molar-refractivity contribution is 5.74. The highest BCUT2D eigenvalue weighted by Crippen LogP contribution is 2.27. The quantitative estimate of drug-likeness (QED) is 0.0228. The molecule has 0 saturated carbocycles. The van der Waals surface area contributed by atoms with Crippen molar-refractivity contribution < 1.29 is 58.2 Å². The molecule has 0 spiro atoms. The number of carbonyl (C=O) groups is 4.